The van der Waals surface area contributed by atoms with E-state index in [0.29, 0.717) is 17.8 Å². The summed E-state index contributed by atoms with van der Waals surface area (Å²) in [5.41, 5.74) is 2.07. The van der Waals surface area contributed by atoms with E-state index in [0.717, 1.165) is 48.6 Å². The number of carbonyl (C=O) groups is 1. The van der Waals surface area contributed by atoms with E-state index in [1.54, 1.807) is 11.0 Å². The molecule has 0 radical (unpaired) electrons. The van der Waals surface area contributed by atoms with Gasteiger partial charge in [0.25, 0.3) is 5.91 Å². The Morgan fingerprint density at radius 2 is 1.88 bits per heavy atom. The molecular formula is C19H22N2O3S. The predicted octanol–water partition coefficient (Wildman–Crippen LogP) is 3.89. The Labute approximate surface area is 148 Å². The number of benzene rings is 2. The van der Waals surface area contributed by atoms with Gasteiger partial charge >= 0.3 is 0 Å². The highest BCUT2D eigenvalue weighted by atomic mass is 32.2. The molecule has 4 rings (SSSR count). The van der Waals surface area contributed by atoms with Crippen molar-refractivity contribution in [1.29, 1.82) is 0 Å². The molecule has 0 bridgehead atoms. The summed E-state index contributed by atoms with van der Waals surface area (Å²) in [4.78, 5) is 14.3. The number of hydrogen-bond donors (Lipinski definition) is 1. The molecule has 6 heteroatoms. The number of nitrogens with one attached hydrogen (secondary N) is 1. The van der Waals surface area contributed by atoms with Crippen molar-refractivity contribution >= 4 is 38.1 Å². The lowest BCUT2D eigenvalue weighted by atomic mass is 10.0. The standard InChI is InChI=1S/C19H22N2O3S/c1-2-21-17-12-11-16(14-9-6-10-15(18(14)17)19(21)22)20-25(23,24)13-7-4-3-5-8-13/h6,9-13,20H,2-5,7-8H2,1H3. The highest BCUT2D eigenvalue weighted by Gasteiger charge is 2.31. The van der Waals surface area contributed by atoms with E-state index in [-0.39, 0.29) is 11.2 Å². The second-order valence-electron chi connectivity index (χ2n) is 6.82. The molecule has 5 nitrogen and oxygen atoms in total. The summed E-state index contributed by atoms with van der Waals surface area (Å²) in [5, 5.41) is 1.31. The minimum absolute atomic E-state index is 0.0182. The Hall–Kier alpha value is -2.08. The number of nitrogens with zero attached hydrogens (tertiary/aromatic N) is 1. The predicted molar refractivity (Wildman–Crippen MR) is 101 cm³/mol. The molecule has 2 aromatic rings. The van der Waals surface area contributed by atoms with Crippen molar-refractivity contribution < 1.29 is 13.2 Å². The lowest BCUT2D eigenvalue weighted by Gasteiger charge is -2.23. The molecule has 2 aliphatic rings. The number of rotatable bonds is 4. The summed E-state index contributed by atoms with van der Waals surface area (Å²) in [7, 11) is -3.41. The molecule has 0 aromatic heterocycles. The summed E-state index contributed by atoms with van der Waals surface area (Å²) in [6, 6.07) is 9.13. The SMILES string of the molecule is CCN1C(=O)c2cccc3c(NS(=O)(=O)C4CCCCC4)ccc1c23. The molecule has 1 N–H and O–H groups in total. The van der Waals surface area contributed by atoms with Crippen LogP contribution in [0.4, 0.5) is 11.4 Å². The van der Waals surface area contributed by atoms with Gasteiger partial charge in [-0.3, -0.25) is 9.52 Å². The van der Waals surface area contributed by atoms with Gasteiger partial charge in [-0.15, -0.1) is 0 Å². The van der Waals surface area contributed by atoms with E-state index in [2.05, 4.69) is 4.72 Å². The van der Waals surface area contributed by atoms with E-state index in [1.165, 1.54) is 0 Å². The van der Waals surface area contributed by atoms with Gasteiger partial charge in [-0.05, 0) is 38.0 Å². The van der Waals surface area contributed by atoms with Crippen molar-refractivity contribution in [3.05, 3.63) is 35.9 Å². The fourth-order valence-corrected chi connectivity index (χ4v) is 5.67. The molecular weight excluding hydrogens is 336 g/mol. The maximum atomic E-state index is 12.8. The Morgan fingerprint density at radius 3 is 2.60 bits per heavy atom. The number of carbonyl (C=O) groups excluding carboxylic acids is 1. The van der Waals surface area contributed by atoms with Gasteiger partial charge in [0.1, 0.15) is 0 Å². The first-order chi connectivity index (χ1) is 12.0. The first-order valence-electron chi connectivity index (χ1n) is 8.92. The van der Waals surface area contributed by atoms with E-state index < -0.39 is 10.0 Å². The molecule has 0 atom stereocenters. The van der Waals surface area contributed by atoms with Crippen LogP contribution in [0.15, 0.2) is 30.3 Å². The second kappa shape index (κ2) is 6.02. The van der Waals surface area contributed by atoms with Gasteiger partial charge in [0.15, 0.2) is 0 Å². The smallest absolute Gasteiger partial charge is 0.258 e. The molecule has 25 heavy (non-hydrogen) atoms. The van der Waals surface area contributed by atoms with Crippen molar-refractivity contribution in [3.63, 3.8) is 0 Å². The van der Waals surface area contributed by atoms with Crippen LogP contribution in [-0.2, 0) is 10.0 Å². The molecule has 1 aliphatic carbocycles. The third-order valence-corrected chi connectivity index (χ3v) is 7.20. The van der Waals surface area contributed by atoms with Crippen LogP contribution in [-0.4, -0.2) is 26.1 Å². The summed E-state index contributed by atoms with van der Waals surface area (Å²) in [6.07, 6.45) is 4.49. The van der Waals surface area contributed by atoms with E-state index in [1.807, 2.05) is 31.2 Å². The Kier molecular flexibility index (Phi) is 3.95. The van der Waals surface area contributed by atoms with Gasteiger partial charge < -0.3 is 4.90 Å². The van der Waals surface area contributed by atoms with Crippen LogP contribution in [0.1, 0.15) is 49.4 Å². The summed E-state index contributed by atoms with van der Waals surface area (Å²) >= 11 is 0. The minimum atomic E-state index is -3.41. The van der Waals surface area contributed by atoms with Gasteiger partial charge in [0.2, 0.25) is 10.0 Å². The molecule has 132 valence electrons. The van der Waals surface area contributed by atoms with Crippen LogP contribution in [0, 0.1) is 0 Å². The van der Waals surface area contributed by atoms with Gasteiger partial charge in [-0.25, -0.2) is 8.42 Å². The maximum Gasteiger partial charge on any atom is 0.258 e. The molecule has 1 aliphatic heterocycles. The first kappa shape index (κ1) is 16.4. The quantitative estimate of drug-likeness (QED) is 0.901. The van der Waals surface area contributed by atoms with E-state index in [9.17, 15) is 13.2 Å². The van der Waals surface area contributed by atoms with Gasteiger partial charge in [0.05, 0.1) is 16.6 Å². The minimum Gasteiger partial charge on any atom is -0.308 e. The molecule has 1 amide bonds. The van der Waals surface area contributed by atoms with Crippen molar-refractivity contribution in [2.75, 3.05) is 16.2 Å². The number of sulfonamides is 1. The van der Waals surface area contributed by atoms with Crippen LogP contribution in [0.5, 0.6) is 0 Å². The zero-order chi connectivity index (χ0) is 17.6. The fourth-order valence-electron chi connectivity index (χ4n) is 4.06. The van der Waals surface area contributed by atoms with Crippen LogP contribution < -0.4 is 9.62 Å². The third kappa shape index (κ3) is 2.59. The Balaban J connectivity index is 1.78. The van der Waals surface area contributed by atoms with Crippen molar-refractivity contribution in [3.8, 4) is 0 Å². The molecule has 0 spiro atoms. The topological polar surface area (TPSA) is 66.5 Å². The van der Waals surface area contributed by atoms with Gasteiger partial charge in [-0.1, -0.05) is 31.4 Å². The molecule has 2 aromatic carbocycles. The van der Waals surface area contributed by atoms with Crippen molar-refractivity contribution in [1.82, 2.24) is 0 Å². The Bertz CT molecular complexity index is 947. The monoisotopic (exact) mass is 358 g/mol. The third-order valence-electron chi connectivity index (χ3n) is 5.34. The van der Waals surface area contributed by atoms with Crippen LogP contribution in [0.25, 0.3) is 10.8 Å². The lowest BCUT2D eigenvalue weighted by Crippen LogP contribution is -2.29. The van der Waals surface area contributed by atoms with Crippen LogP contribution >= 0.6 is 0 Å². The van der Waals surface area contributed by atoms with Crippen LogP contribution in [0.3, 0.4) is 0 Å². The van der Waals surface area contributed by atoms with Gasteiger partial charge in [0, 0.05) is 22.9 Å². The van der Waals surface area contributed by atoms with Crippen LogP contribution in [0.2, 0.25) is 0 Å². The second-order valence-corrected chi connectivity index (χ2v) is 8.78. The largest absolute Gasteiger partial charge is 0.308 e. The molecule has 0 saturated heterocycles. The number of hydrogen-bond acceptors (Lipinski definition) is 3. The van der Waals surface area contributed by atoms with Gasteiger partial charge in [-0.2, -0.15) is 0 Å². The highest BCUT2D eigenvalue weighted by molar-refractivity contribution is 7.93. The number of amides is 1. The highest BCUT2D eigenvalue weighted by Crippen LogP contribution is 2.41. The first-order valence-corrected chi connectivity index (χ1v) is 10.5. The van der Waals surface area contributed by atoms with Crippen molar-refractivity contribution in [2.45, 2.75) is 44.3 Å². The zero-order valence-electron chi connectivity index (χ0n) is 14.3. The van der Waals surface area contributed by atoms with E-state index >= 15 is 0 Å². The fraction of sp³-hybridized carbons (Fsp3) is 0.421. The van der Waals surface area contributed by atoms with E-state index in [4.69, 9.17) is 0 Å². The maximum absolute atomic E-state index is 12.8. The molecule has 1 heterocycles. The lowest BCUT2D eigenvalue weighted by molar-refractivity contribution is 0.0994. The average molecular weight is 358 g/mol. The zero-order valence-corrected chi connectivity index (χ0v) is 15.1. The normalized spacial score (nSPS) is 18.1. The summed E-state index contributed by atoms with van der Waals surface area (Å²) < 4.78 is 28.4. The summed E-state index contributed by atoms with van der Waals surface area (Å²) in [5.74, 6) is -0.0182. The average Bonchev–Trinajstić information content (AvgIpc) is 2.91. The number of anilines is 2. The Morgan fingerprint density at radius 1 is 1.12 bits per heavy atom. The molecule has 0 unspecified atom stereocenters. The van der Waals surface area contributed by atoms with Crippen molar-refractivity contribution in [2.24, 2.45) is 0 Å². The summed E-state index contributed by atoms with van der Waals surface area (Å²) in [6.45, 7) is 2.53. The molecule has 1 fully saturated rings. The molecule has 1 saturated carbocycles.